The average Bonchev–Trinajstić information content (AvgIpc) is 2.84. The molecule has 3 aromatic rings. The molecule has 0 heterocycles. The normalized spacial score (nSPS) is 11.9. The minimum Gasteiger partial charge on any atom is -0.490 e. The van der Waals surface area contributed by atoms with Crippen LogP contribution in [0.25, 0.3) is 6.08 Å². The van der Waals surface area contributed by atoms with E-state index in [2.05, 4.69) is 21.2 Å². The van der Waals surface area contributed by atoms with Gasteiger partial charge in [-0.25, -0.2) is 0 Å². The lowest BCUT2D eigenvalue weighted by molar-refractivity contribution is -0.117. The third-order valence-electron chi connectivity index (χ3n) is 4.91. The van der Waals surface area contributed by atoms with Crippen LogP contribution in [0.15, 0.2) is 82.8 Å². The fourth-order valence-electron chi connectivity index (χ4n) is 3.18. The minimum absolute atomic E-state index is 0.00103. The molecule has 33 heavy (non-hydrogen) atoms. The Labute approximate surface area is 202 Å². The molecule has 1 amide bonds. The molecule has 0 spiro atoms. The molecule has 0 aromatic heterocycles. The fraction of sp³-hybridized carbons (Fsp3) is 0.185. The summed E-state index contributed by atoms with van der Waals surface area (Å²) in [6.07, 6.45) is 1.54. The van der Waals surface area contributed by atoms with E-state index < -0.39 is 5.91 Å². The predicted molar refractivity (Wildman–Crippen MR) is 133 cm³/mol. The SMILES string of the molecule is CCOc1cc(/C=C(/C#N)C(=O)N[C@@H](C)c2ccccc2)c(Br)cc1OCc1ccccc1. The summed E-state index contributed by atoms with van der Waals surface area (Å²) >= 11 is 3.53. The zero-order chi connectivity index (χ0) is 23.6. The third-order valence-corrected chi connectivity index (χ3v) is 5.60. The highest BCUT2D eigenvalue weighted by atomic mass is 79.9. The van der Waals surface area contributed by atoms with Gasteiger partial charge in [0.25, 0.3) is 5.91 Å². The van der Waals surface area contributed by atoms with Crippen molar-refractivity contribution in [2.24, 2.45) is 0 Å². The molecule has 1 N–H and O–H groups in total. The van der Waals surface area contributed by atoms with E-state index in [4.69, 9.17) is 9.47 Å². The van der Waals surface area contributed by atoms with Crippen LogP contribution in [-0.2, 0) is 11.4 Å². The maximum absolute atomic E-state index is 12.7. The van der Waals surface area contributed by atoms with Crippen LogP contribution >= 0.6 is 15.9 Å². The number of halogens is 1. The first-order chi connectivity index (χ1) is 16.0. The lowest BCUT2D eigenvalue weighted by Gasteiger charge is -2.15. The number of nitrogens with zero attached hydrogens (tertiary/aromatic N) is 1. The summed E-state index contributed by atoms with van der Waals surface area (Å²) in [5, 5.41) is 12.5. The van der Waals surface area contributed by atoms with Crippen molar-refractivity contribution in [3.05, 3.63) is 99.5 Å². The van der Waals surface area contributed by atoms with E-state index in [-0.39, 0.29) is 11.6 Å². The molecule has 3 aromatic carbocycles. The van der Waals surface area contributed by atoms with Crippen LogP contribution in [0, 0.1) is 11.3 Å². The van der Waals surface area contributed by atoms with Crippen molar-refractivity contribution in [2.45, 2.75) is 26.5 Å². The Kier molecular flexibility index (Phi) is 8.68. The minimum atomic E-state index is -0.442. The Hall–Kier alpha value is -3.56. The second-order valence-electron chi connectivity index (χ2n) is 7.30. The zero-order valence-electron chi connectivity index (χ0n) is 18.5. The van der Waals surface area contributed by atoms with Crippen molar-refractivity contribution >= 4 is 27.9 Å². The maximum atomic E-state index is 12.7. The van der Waals surface area contributed by atoms with Crippen LogP contribution in [0.5, 0.6) is 11.5 Å². The van der Waals surface area contributed by atoms with E-state index in [1.807, 2.05) is 80.6 Å². The van der Waals surface area contributed by atoms with Gasteiger partial charge in [-0.05, 0) is 48.7 Å². The summed E-state index contributed by atoms with van der Waals surface area (Å²) < 4.78 is 12.4. The Morgan fingerprint density at radius 1 is 1.06 bits per heavy atom. The monoisotopic (exact) mass is 504 g/mol. The number of benzene rings is 3. The Morgan fingerprint density at radius 3 is 2.33 bits per heavy atom. The first-order valence-corrected chi connectivity index (χ1v) is 11.4. The number of hydrogen-bond acceptors (Lipinski definition) is 4. The number of nitrogens with one attached hydrogen (secondary N) is 1. The van der Waals surface area contributed by atoms with E-state index in [9.17, 15) is 10.1 Å². The van der Waals surface area contributed by atoms with Gasteiger partial charge in [-0.15, -0.1) is 0 Å². The van der Waals surface area contributed by atoms with E-state index in [0.717, 1.165) is 11.1 Å². The van der Waals surface area contributed by atoms with Gasteiger partial charge in [-0.2, -0.15) is 5.26 Å². The Balaban J connectivity index is 1.81. The Morgan fingerprint density at radius 2 is 1.70 bits per heavy atom. The van der Waals surface area contributed by atoms with Crippen LogP contribution in [0.2, 0.25) is 0 Å². The molecular weight excluding hydrogens is 480 g/mol. The standard InChI is InChI=1S/C27H25BrN2O3/c1-3-32-25-15-22(24(28)16-26(25)33-18-20-10-6-4-7-11-20)14-23(17-29)27(31)30-19(2)21-12-8-5-9-13-21/h4-16,19H,3,18H2,1-2H3,(H,30,31)/b23-14-/t19-/m0/s1. The van der Waals surface area contributed by atoms with Gasteiger partial charge in [0.15, 0.2) is 11.5 Å². The van der Waals surface area contributed by atoms with Gasteiger partial charge in [-0.1, -0.05) is 76.6 Å². The van der Waals surface area contributed by atoms with Gasteiger partial charge < -0.3 is 14.8 Å². The largest absolute Gasteiger partial charge is 0.490 e. The highest BCUT2D eigenvalue weighted by molar-refractivity contribution is 9.10. The van der Waals surface area contributed by atoms with Gasteiger partial charge in [0, 0.05) is 4.47 Å². The summed E-state index contributed by atoms with van der Waals surface area (Å²) in [6.45, 7) is 4.61. The molecule has 0 fully saturated rings. The quantitative estimate of drug-likeness (QED) is 0.277. The van der Waals surface area contributed by atoms with Gasteiger partial charge in [0.05, 0.1) is 12.6 Å². The highest BCUT2D eigenvalue weighted by Crippen LogP contribution is 2.35. The van der Waals surface area contributed by atoms with E-state index in [1.54, 1.807) is 18.2 Å². The maximum Gasteiger partial charge on any atom is 0.262 e. The number of hydrogen-bond donors (Lipinski definition) is 1. The predicted octanol–water partition coefficient (Wildman–Crippen LogP) is 6.21. The van der Waals surface area contributed by atoms with E-state index >= 15 is 0 Å². The second kappa shape index (κ2) is 11.9. The summed E-state index contributed by atoms with van der Waals surface area (Å²) in [4.78, 5) is 12.7. The number of carbonyl (C=O) groups is 1. The summed E-state index contributed by atoms with van der Waals surface area (Å²) in [6, 6.07) is 24.8. The molecule has 0 aliphatic heterocycles. The highest BCUT2D eigenvalue weighted by Gasteiger charge is 2.16. The first kappa shape index (κ1) is 24.1. The first-order valence-electron chi connectivity index (χ1n) is 10.6. The summed E-state index contributed by atoms with van der Waals surface area (Å²) in [5.41, 5.74) is 2.64. The molecule has 0 radical (unpaired) electrons. The molecule has 1 atom stereocenters. The molecule has 0 saturated carbocycles. The summed E-state index contributed by atoms with van der Waals surface area (Å²) in [7, 11) is 0. The van der Waals surface area contributed by atoms with Crippen molar-refractivity contribution in [3.8, 4) is 17.6 Å². The van der Waals surface area contributed by atoms with Crippen LogP contribution in [0.4, 0.5) is 0 Å². The fourth-order valence-corrected chi connectivity index (χ4v) is 3.62. The lowest BCUT2D eigenvalue weighted by atomic mass is 10.1. The lowest BCUT2D eigenvalue weighted by Crippen LogP contribution is -2.27. The molecule has 3 rings (SSSR count). The smallest absolute Gasteiger partial charge is 0.262 e. The van der Waals surface area contributed by atoms with Gasteiger partial charge in [-0.3, -0.25) is 4.79 Å². The summed E-state index contributed by atoms with van der Waals surface area (Å²) in [5.74, 6) is 0.673. The third kappa shape index (κ3) is 6.71. The molecule has 0 unspecified atom stereocenters. The van der Waals surface area contributed by atoms with Crippen molar-refractivity contribution in [1.82, 2.24) is 5.32 Å². The van der Waals surface area contributed by atoms with Gasteiger partial charge >= 0.3 is 0 Å². The molecule has 5 nitrogen and oxygen atoms in total. The van der Waals surface area contributed by atoms with Gasteiger partial charge in [0.1, 0.15) is 18.2 Å². The Bertz CT molecular complexity index is 1160. The molecule has 6 heteroatoms. The number of rotatable bonds is 9. The zero-order valence-corrected chi connectivity index (χ0v) is 20.1. The van der Waals surface area contributed by atoms with Crippen molar-refractivity contribution in [3.63, 3.8) is 0 Å². The molecule has 0 aliphatic carbocycles. The van der Waals surface area contributed by atoms with Crippen LogP contribution < -0.4 is 14.8 Å². The van der Waals surface area contributed by atoms with Crippen molar-refractivity contribution in [1.29, 1.82) is 5.26 Å². The van der Waals surface area contributed by atoms with Crippen molar-refractivity contribution < 1.29 is 14.3 Å². The topological polar surface area (TPSA) is 71.3 Å². The number of amides is 1. The van der Waals surface area contributed by atoms with Crippen molar-refractivity contribution in [2.75, 3.05) is 6.61 Å². The van der Waals surface area contributed by atoms with Crippen LogP contribution in [-0.4, -0.2) is 12.5 Å². The van der Waals surface area contributed by atoms with Crippen LogP contribution in [0.3, 0.4) is 0 Å². The second-order valence-corrected chi connectivity index (χ2v) is 8.16. The van der Waals surface area contributed by atoms with Gasteiger partial charge in [0.2, 0.25) is 0 Å². The molecule has 0 aliphatic rings. The number of carbonyl (C=O) groups excluding carboxylic acids is 1. The molecule has 0 bridgehead atoms. The molecular formula is C27H25BrN2O3. The molecule has 168 valence electrons. The molecule has 0 saturated heterocycles. The average molecular weight is 505 g/mol. The number of nitriles is 1. The van der Waals surface area contributed by atoms with E-state index in [1.165, 1.54) is 0 Å². The van der Waals surface area contributed by atoms with Crippen LogP contribution in [0.1, 0.15) is 36.6 Å². The van der Waals surface area contributed by atoms with E-state index in [0.29, 0.717) is 34.7 Å². The number of ether oxygens (including phenoxy) is 2.